The normalized spacial score (nSPS) is 10.5. The van der Waals surface area contributed by atoms with Crippen molar-refractivity contribution in [1.82, 2.24) is 5.32 Å². The van der Waals surface area contributed by atoms with E-state index in [2.05, 4.69) is 21.2 Å². The summed E-state index contributed by atoms with van der Waals surface area (Å²) in [5.74, 6) is -0.355. The Kier molecular flexibility index (Phi) is 5.45. The molecule has 0 spiro atoms. The molecule has 0 bridgehead atoms. The molecule has 1 rings (SSSR count). The molecule has 0 radical (unpaired) electrons. The maximum Gasteiger partial charge on any atom is 0.142 e. The summed E-state index contributed by atoms with van der Waals surface area (Å²) < 4.78 is 13.0. The van der Waals surface area contributed by atoms with E-state index in [1.165, 1.54) is 6.07 Å². The Bertz CT molecular complexity index is 293. The van der Waals surface area contributed by atoms with E-state index < -0.39 is 0 Å². The van der Waals surface area contributed by atoms with Crippen LogP contribution in [0.4, 0.5) is 4.39 Å². The molecule has 0 amide bonds. The first-order valence-corrected chi connectivity index (χ1v) is 5.95. The molecule has 0 atom stereocenters. The molecular weight excluding hydrogens is 268 g/mol. The van der Waals surface area contributed by atoms with Crippen molar-refractivity contribution in [3.05, 3.63) is 34.6 Å². The van der Waals surface area contributed by atoms with Gasteiger partial charge in [0.15, 0.2) is 0 Å². The maximum absolute atomic E-state index is 13.0. The summed E-state index contributed by atoms with van der Waals surface area (Å²) in [5.41, 5.74) is 0.807. The van der Waals surface area contributed by atoms with Crippen molar-refractivity contribution in [3.8, 4) is 0 Å². The number of halogens is 3. The van der Waals surface area contributed by atoms with Gasteiger partial charge in [-0.05, 0) is 24.6 Å². The zero-order valence-corrected chi connectivity index (χ0v) is 10.0. The highest BCUT2D eigenvalue weighted by atomic mass is 79.9. The van der Waals surface area contributed by atoms with E-state index in [0.717, 1.165) is 23.9 Å². The summed E-state index contributed by atoms with van der Waals surface area (Å²) in [6.45, 7) is 1.52. The Balaban J connectivity index is 2.46. The molecule has 14 heavy (non-hydrogen) atoms. The van der Waals surface area contributed by atoms with Crippen LogP contribution in [-0.2, 0) is 6.54 Å². The molecule has 78 valence electrons. The van der Waals surface area contributed by atoms with Gasteiger partial charge in [0.25, 0.3) is 0 Å². The van der Waals surface area contributed by atoms with Crippen molar-refractivity contribution < 1.29 is 4.39 Å². The Morgan fingerprint density at radius 1 is 1.43 bits per heavy atom. The highest BCUT2D eigenvalue weighted by molar-refractivity contribution is 9.09. The molecule has 1 nitrogen and oxygen atoms in total. The Morgan fingerprint density at radius 2 is 2.21 bits per heavy atom. The summed E-state index contributed by atoms with van der Waals surface area (Å²) in [7, 11) is 0. The minimum Gasteiger partial charge on any atom is -0.313 e. The van der Waals surface area contributed by atoms with Gasteiger partial charge in [0.1, 0.15) is 5.82 Å². The third kappa shape index (κ3) is 3.56. The molecule has 1 aromatic carbocycles. The SMILES string of the molecule is Fc1cccc(CNCCCBr)c1Cl. The lowest BCUT2D eigenvalue weighted by atomic mass is 10.2. The first-order valence-electron chi connectivity index (χ1n) is 4.45. The molecule has 0 aromatic heterocycles. The minimum absolute atomic E-state index is 0.221. The van der Waals surface area contributed by atoms with Crippen LogP contribution < -0.4 is 5.32 Å². The Morgan fingerprint density at radius 3 is 2.93 bits per heavy atom. The molecule has 1 aromatic rings. The zero-order chi connectivity index (χ0) is 10.4. The van der Waals surface area contributed by atoms with Crippen molar-refractivity contribution >= 4 is 27.5 Å². The lowest BCUT2D eigenvalue weighted by Gasteiger charge is -2.06. The van der Waals surface area contributed by atoms with Gasteiger partial charge in [0, 0.05) is 11.9 Å². The summed E-state index contributed by atoms with van der Waals surface area (Å²) in [6.07, 6.45) is 1.05. The molecule has 0 heterocycles. The first-order chi connectivity index (χ1) is 6.75. The second-order valence-electron chi connectivity index (χ2n) is 2.93. The van der Waals surface area contributed by atoms with Gasteiger partial charge in [-0.2, -0.15) is 0 Å². The van der Waals surface area contributed by atoms with E-state index in [1.54, 1.807) is 6.07 Å². The number of rotatable bonds is 5. The largest absolute Gasteiger partial charge is 0.313 e. The van der Waals surface area contributed by atoms with Gasteiger partial charge in [0.05, 0.1) is 5.02 Å². The summed E-state index contributed by atoms with van der Waals surface area (Å²) in [6, 6.07) is 4.86. The van der Waals surface area contributed by atoms with E-state index >= 15 is 0 Å². The molecule has 0 fully saturated rings. The standard InChI is InChI=1S/C10H12BrClFN/c11-5-2-6-14-7-8-3-1-4-9(13)10(8)12/h1,3-4,14H,2,5-7H2. The van der Waals surface area contributed by atoms with E-state index in [9.17, 15) is 4.39 Å². The summed E-state index contributed by atoms with van der Waals surface area (Å²) >= 11 is 9.12. The predicted octanol–water partition coefficient (Wildman–Crippen LogP) is 3.35. The van der Waals surface area contributed by atoms with Gasteiger partial charge in [-0.1, -0.05) is 39.7 Å². The fourth-order valence-electron chi connectivity index (χ4n) is 1.10. The minimum atomic E-state index is -0.355. The second-order valence-corrected chi connectivity index (χ2v) is 4.10. The van der Waals surface area contributed by atoms with Crippen LogP contribution in [0.1, 0.15) is 12.0 Å². The van der Waals surface area contributed by atoms with Crippen molar-refractivity contribution in [2.75, 3.05) is 11.9 Å². The molecule has 0 aliphatic rings. The van der Waals surface area contributed by atoms with Crippen molar-refractivity contribution in [3.63, 3.8) is 0 Å². The molecule has 1 N–H and O–H groups in total. The smallest absolute Gasteiger partial charge is 0.142 e. The third-order valence-electron chi connectivity index (χ3n) is 1.83. The fourth-order valence-corrected chi connectivity index (χ4v) is 1.57. The molecule has 0 saturated heterocycles. The van der Waals surface area contributed by atoms with E-state index in [-0.39, 0.29) is 10.8 Å². The Hall–Kier alpha value is -0.120. The van der Waals surface area contributed by atoms with Crippen molar-refractivity contribution in [1.29, 1.82) is 0 Å². The third-order valence-corrected chi connectivity index (χ3v) is 2.82. The first kappa shape index (κ1) is 12.0. The predicted molar refractivity (Wildman–Crippen MR) is 61.5 cm³/mol. The molecule has 0 aliphatic carbocycles. The molecular formula is C10H12BrClFN. The summed E-state index contributed by atoms with van der Waals surface area (Å²) in [4.78, 5) is 0. The number of alkyl halides is 1. The Labute approximate surface area is 96.8 Å². The average Bonchev–Trinajstić information content (AvgIpc) is 2.19. The van der Waals surface area contributed by atoms with Crippen LogP contribution in [0.3, 0.4) is 0 Å². The van der Waals surface area contributed by atoms with Crippen LogP contribution in [0.25, 0.3) is 0 Å². The van der Waals surface area contributed by atoms with E-state index in [1.807, 2.05) is 6.07 Å². The maximum atomic E-state index is 13.0. The zero-order valence-electron chi connectivity index (χ0n) is 7.69. The van der Waals surface area contributed by atoms with Gasteiger partial charge < -0.3 is 5.32 Å². The van der Waals surface area contributed by atoms with E-state index in [0.29, 0.717) is 6.54 Å². The molecule has 0 unspecified atom stereocenters. The van der Waals surface area contributed by atoms with Crippen LogP contribution in [0, 0.1) is 5.82 Å². The van der Waals surface area contributed by atoms with Crippen LogP contribution in [-0.4, -0.2) is 11.9 Å². The van der Waals surface area contributed by atoms with Crippen LogP contribution >= 0.6 is 27.5 Å². The highest BCUT2D eigenvalue weighted by Crippen LogP contribution is 2.19. The molecule has 0 saturated carbocycles. The monoisotopic (exact) mass is 279 g/mol. The van der Waals surface area contributed by atoms with E-state index in [4.69, 9.17) is 11.6 Å². The van der Waals surface area contributed by atoms with Gasteiger partial charge in [-0.25, -0.2) is 4.39 Å². The fraction of sp³-hybridized carbons (Fsp3) is 0.400. The van der Waals surface area contributed by atoms with Crippen molar-refractivity contribution in [2.24, 2.45) is 0 Å². The molecule has 0 aliphatic heterocycles. The highest BCUT2D eigenvalue weighted by Gasteiger charge is 2.04. The lowest BCUT2D eigenvalue weighted by Crippen LogP contribution is -2.15. The number of hydrogen-bond acceptors (Lipinski definition) is 1. The lowest BCUT2D eigenvalue weighted by molar-refractivity contribution is 0.620. The van der Waals surface area contributed by atoms with Gasteiger partial charge in [-0.15, -0.1) is 0 Å². The van der Waals surface area contributed by atoms with Gasteiger partial charge >= 0.3 is 0 Å². The molecule has 4 heteroatoms. The number of nitrogens with one attached hydrogen (secondary N) is 1. The second kappa shape index (κ2) is 6.38. The quantitative estimate of drug-likeness (QED) is 0.644. The number of hydrogen-bond donors (Lipinski definition) is 1. The van der Waals surface area contributed by atoms with Crippen LogP contribution in [0.15, 0.2) is 18.2 Å². The van der Waals surface area contributed by atoms with Crippen LogP contribution in [0.2, 0.25) is 5.02 Å². The summed E-state index contributed by atoms with van der Waals surface area (Å²) in [5, 5.41) is 4.38. The topological polar surface area (TPSA) is 12.0 Å². The van der Waals surface area contributed by atoms with Crippen LogP contribution in [0.5, 0.6) is 0 Å². The van der Waals surface area contributed by atoms with Crippen molar-refractivity contribution in [2.45, 2.75) is 13.0 Å². The van der Waals surface area contributed by atoms with Gasteiger partial charge in [0.2, 0.25) is 0 Å². The average molecular weight is 281 g/mol. The number of benzene rings is 1. The van der Waals surface area contributed by atoms with Gasteiger partial charge in [-0.3, -0.25) is 0 Å².